The second-order valence-corrected chi connectivity index (χ2v) is 8.73. The Bertz CT molecular complexity index is 891. The molecule has 0 spiro atoms. The number of aliphatic hydroxyl groups is 1. The second kappa shape index (κ2) is 7.31. The van der Waals surface area contributed by atoms with Crippen molar-refractivity contribution in [3.63, 3.8) is 0 Å². The van der Waals surface area contributed by atoms with E-state index in [-0.39, 0.29) is 11.0 Å². The summed E-state index contributed by atoms with van der Waals surface area (Å²) in [5, 5.41) is 10.9. The van der Waals surface area contributed by atoms with E-state index >= 15 is 0 Å². The van der Waals surface area contributed by atoms with Crippen molar-refractivity contribution in [2.45, 2.75) is 36.4 Å². The van der Waals surface area contributed by atoms with Crippen LogP contribution < -0.4 is 0 Å². The quantitative estimate of drug-likeness (QED) is 0.814. The van der Waals surface area contributed by atoms with E-state index in [1.165, 1.54) is 12.1 Å². The van der Waals surface area contributed by atoms with Crippen molar-refractivity contribution in [2.75, 3.05) is 12.4 Å². The molecule has 6 heteroatoms. The van der Waals surface area contributed by atoms with Crippen molar-refractivity contribution in [2.24, 2.45) is 0 Å². The molecule has 1 heterocycles. The van der Waals surface area contributed by atoms with Crippen molar-refractivity contribution in [3.8, 4) is 0 Å². The minimum atomic E-state index is -3.80. The molecule has 1 aliphatic heterocycles. The Morgan fingerprint density at radius 3 is 2.62 bits per heavy atom. The molecule has 0 saturated carbocycles. The zero-order valence-electron chi connectivity index (χ0n) is 14.6. The van der Waals surface area contributed by atoms with E-state index in [1.807, 2.05) is 6.92 Å². The molecule has 0 unspecified atom stereocenters. The Morgan fingerprint density at radius 2 is 1.92 bits per heavy atom. The molecule has 0 amide bonds. The van der Waals surface area contributed by atoms with Crippen molar-refractivity contribution in [1.29, 1.82) is 0 Å². The molecule has 3 rings (SSSR count). The summed E-state index contributed by atoms with van der Waals surface area (Å²) in [5.74, 6) is -1.05. The Balaban J connectivity index is 1.86. The van der Waals surface area contributed by atoms with E-state index < -0.39 is 27.0 Å². The lowest BCUT2D eigenvalue weighted by Crippen LogP contribution is -2.37. The lowest BCUT2D eigenvalue weighted by molar-refractivity contribution is -0.101. The maximum absolute atomic E-state index is 12.7. The first-order valence-electron chi connectivity index (χ1n) is 8.56. The molecule has 2 atom stereocenters. The molecule has 1 N–H and O–H groups in total. The largest absolute Gasteiger partial charge is 0.385 e. The maximum Gasteiger partial charge on any atom is 0.185 e. The number of ketones is 1. The number of hydrogen-bond donors (Lipinski definition) is 1. The summed E-state index contributed by atoms with van der Waals surface area (Å²) in [6.07, 6.45) is 0.706. The number of ether oxygens (including phenoxy) is 1. The van der Waals surface area contributed by atoms with Crippen LogP contribution in [0.25, 0.3) is 0 Å². The van der Waals surface area contributed by atoms with Crippen LogP contribution in [0.15, 0.2) is 59.5 Å². The van der Waals surface area contributed by atoms with Crippen molar-refractivity contribution in [1.82, 2.24) is 0 Å². The zero-order chi connectivity index (χ0) is 18.8. The predicted octanol–water partition coefficient (Wildman–Crippen LogP) is 2.73. The first kappa shape index (κ1) is 18.8. The van der Waals surface area contributed by atoms with Gasteiger partial charge in [-0.15, -0.1) is 0 Å². The summed E-state index contributed by atoms with van der Waals surface area (Å²) in [5.41, 5.74) is -0.211. The van der Waals surface area contributed by atoms with Gasteiger partial charge in [-0.1, -0.05) is 42.5 Å². The number of carbonyl (C=O) groups is 1. The molecular weight excluding hydrogens is 352 g/mol. The summed E-state index contributed by atoms with van der Waals surface area (Å²) in [7, 11) is -3.80. The average molecular weight is 374 g/mol. The molecule has 26 heavy (non-hydrogen) atoms. The van der Waals surface area contributed by atoms with Crippen molar-refractivity contribution in [3.05, 3.63) is 65.7 Å². The molecule has 138 valence electrons. The summed E-state index contributed by atoms with van der Waals surface area (Å²) in [6, 6.07) is 14.6. The first-order chi connectivity index (χ1) is 12.3. The van der Waals surface area contributed by atoms with Gasteiger partial charge in [0, 0.05) is 18.4 Å². The molecule has 2 aromatic carbocycles. The van der Waals surface area contributed by atoms with E-state index in [0.717, 1.165) is 0 Å². The fourth-order valence-corrected chi connectivity index (χ4v) is 4.54. The van der Waals surface area contributed by atoms with Gasteiger partial charge in [-0.2, -0.15) is 0 Å². The van der Waals surface area contributed by atoms with Crippen LogP contribution in [0.1, 0.15) is 35.7 Å². The van der Waals surface area contributed by atoms with Gasteiger partial charge < -0.3 is 9.84 Å². The zero-order valence-corrected chi connectivity index (χ0v) is 15.4. The minimum Gasteiger partial charge on any atom is -0.385 e. The number of benzene rings is 2. The van der Waals surface area contributed by atoms with Crippen LogP contribution in [0, 0.1) is 0 Å². The van der Waals surface area contributed by atoms with Crippen LogP contribution in [-0.4, -0.2) is 37.8 Å². The predicted molar refractivity (Wildman–Crippen MR) is 97.8 cm³/mol. The summed E-state index contributed by atoms with van der Waals surface area (Å²) in [4.78, 5) is 12.3. The lowest BCUT2D eigenvalue weighted by atomic mass is 9.84. The van der Waals surface area contributed by atoms with Crippen molar-refractivity contribution >= 4 is 15.6 Å². The number of carbonyl (C=O) groups excluding carboxylic acids is 1. The molecular formula is C20H22O5S. The molecule has 2 aromatic rings. The standard InChI is InChI=1S/C20H22O5S/c1-15-13-20(22,10-11-25-15)17-8-5-9-18(12-17)26(23,24)14-19(21)16-6-3-2-4-7-16/h2-9,12,15,22H,10-11,13-14H2,1H3/t15-,20+/m0/s1. The van der Waals surface area contributed by atoms with Gasteiger partial charge in [0.25, 0.3) is 0 Å². The third-order valence-electron chi connectivity index (χ3n) is 4.69. The molecule has 0 radical (unpaired) electrons. The third kappa shape index (κ3) is 4.03. The number of Topliss-reactive ketones (excluding diaryl/α,β-unsaturated/α-hetero) is 1. The highest BCUT2D eigenvalue weighted by atomic mass is 32.2. The average Bonchev–Trinajstić information content (AvgIpc) is 2.62. The molecule has 0 aliphatic carbocycles. The first-order valence-corrected chi connectivity index (χ1v) is 10.2. The third-order valence-corrected chi connectivity index (χ3v) is 6.30. The molecule has 5 nitrogen and oxygen atoms in total. The molecule has 1 fully saturated rings. The molecule has 0 aromatic heterocycles. The van der Waals surface area contributed by atoms with Gasteiger partial charge in [0.2, 0.25) is 0 Å². The Morgan fingerprint density at radius 1 is 1.19 bits per heavy atom. The maximum atomic E-state index is 12.7. The van der Waals surface area contributed by atoms with Crippen LogP contribution in [0.2, 0.25) is 0 Å². The summed E-state index contributed by atoms with van der Waals surface area (Å²) >= 11 is 0. The highest BCUT2D eigenvalue weighted by molar-refractivity contribution is 7.92. The molecule has 1 aliphatic rings. The van der Waals surface area contributed by atoms with E-state index in [9.17, 15) is 18.3 Å². The lowest BCUT2D eigenvalue weighted by Gasteiger charge is -2.36. The highest BCUT2D eigenvalue weighted by Gasteiger charge is 2.35. The van der Waals surface area contributed by atoms with Gasteiger partial charge in [-0.25, -0.2) is 8.42 Å². The van der Waals surface area contributed by atoms with Gasteiger partial charge in [0.15, 0.2) is 15.6 Å². The Labute approximate surface area is 153 Å². The summed E-state index contributed by atoms with van der Waals surface area (Å²) < 4.78 is 30.9. The van der Waals surface area contributed by atoms with Crippen LogP contribution in [0.4, 0.5) is 0 Å². The van der Waals surface area contributed by atoms with Gasteiger partial charge >= 0.3 is 0 Å². The fourth-order valence-electron chi connectivity index (χ4n) is 3.27. The van der Waals surface area contributed by atoms with Gasteiger partial charge in [-0.3, -0.25) is 4.79 Å². The normalized spacial score (nSPS) is 23.5. The topological polar surface area (TPSA) is 80.7 Å². The Hall–Kier alpha value is -2.02. The SMILES string of the molecule is C[C@H]1C[C@@](O)(c2cccc(S(=O)(=O)CC(=O)c3ccccc3)c2)CCO1. The highest BCUT2D eigenvalue weighted by Crippen LogP contribution is 2.35. The van der Waals surface area contributed by atoms with Gasteiger partial charge in [0.1, 0.15) is 5.75 Å². The number of sulfone groups is 1. The fraction of sp³-hybridized carbons (Fsp3) is 0.350. The van der Waals surface area contributed by atoms with Crippen LogP contribution in [0.5, 0.6) is 0 Å². The Kier molecular flexibility index (Phi) is 5.27. The smallest absolute Gasteiger partial charge is 0.185 e. The van der Waals surface area contributed by atoms with E-state index in [1.54, 1.807) is 42.5 Å². The van der Waals surface area contributed by atoms with Crippen LogP contribution in [-0.2, 0) is 20.2 Å². The van der Waals surface area contributed by atoms with Crippen LogP contribution in [0.3, 0.4) is 0 Å². The summed E-state index contributed by atoms with van der Waals surface area (Å²) in [6.45, 7) is 2.30. The van der Waals surface area contributed by atoms with E-state index in [2.05, 4.69) is 0 Å². The van der Waals surface area contributed by atoms with Crippen molar-refractivity contribution < 1.29 is 23.1 Å². The van der Waals surface area contributed by atoms with Crippen LogP contribution >= 0.6 is 0 Å². The van der Waals surface area contributed by atoms with E-state index in [0.29, 0.717) is 30.6 Å². The van der Waals surface area contributed by atoms with E-state index in [4.69, 9.17) is 4.74 Å². The number of hydrogen-bond acceptors (Lipinski definition) is 5. The van der Waals surface area contributed by atoms with Gasteiger partial charge in [-0.05, 0) is 24.6 Å². The second-order valence-electron chi connectivity index (χ2n) is 6.74. The van der Waals surface area contributed by atoms with Gasteiger partial charge in [0.05, 0.1) is 23.2 Å². The number of rotatable bonds is 5. The molecule has 0 bridgehead atoms. The molecule has 1 saturated heterocycles. The monoisotopic (exact) mass is 374 g/mol. The minimum absolute atomic E-state index is 0.0480.